The Hall–Kier alpha value is -1.31. The molecule has 0 amide bonds. The molecule has 6 nitrogen and oxygen atoms in total. The lowest BCUT2D eigenvalue weighted by atomic mass is 10.4. The van der Waals surface area contributed by atoms with Crippen molar-refractivity contribution in [1.29, 1.82) is 0 Å². The summed E-state index contributed by atoms with van der Waals surface area (Å²) >= 11 is 1.52. The van der Waals surface area contributed by atoms with Crippen LogP contribution in [0.2, 0.25) is 0 Å². The van der Waals surface area contributed by atoms with Crippen LogP contribution in [0.3, 0.4) is 0 Å². The van der Waals surface area contributed by atoms with Gasteiger partial charge in [-0.3, -0.25) is 0 Å². The van der Waals surface area contributed by atoms with Gasteiger partial charge in [0.05, 0.1) is 11.6 Å². The van der Waals surface area contributed by atoms with E-state index in [2.05, 4.69) is 15.1 Å². The standard InChI is InChI=1S/C9H12N4O2S/c10-3-1-8-11-6(5-16-8)9-12-7(2-4-14)13-15-9/h5,14H,1-4,10H2. The van der Waals surface area contributed by atoms with Crippen LogP contribution in [0.5, 0.6) is 0 Å². The van der Waals surface area contributed by atoms with Crippen molar-refractivity contribution in [3.63, 3.8) is 0 Å². The van der Waals surface area contributed by atoms with Gasteiger partial charge in [-0.25, -0.2) is 4.98 Å². The van der Waals surface area contributed by atoms with E-state index >= 15 is 0 Å². The second-order valence-electron chi connectivity index (χ2n) is 3.15. The Morgan fingerprint density at radius 2 is 2.25 bits per heavy atom. The molecular formula is C9H12N4O2S. The molecule has 2 heterocycles. The number of rotatable bonds is 5. The van der Waals surface area contributed by atoms with Crippen LogP contribution in [0, 0.1) is 0 Å². The summed E-state index contributed by atoms with van der Waals surface area (Å²) < 4.78 is 5.04. The van der Waals surface area contributed by atoms with E-state index in [-0.39, 0.29) is 6.61 Å². The van der Waals surface area contributed by atoms with Crippen molar-refractivity contribution in [2.45, 2.75) is 12.8 Å². The summed E-state index contributed by atoms with van der Waals surface area (Å²) in [7, 11) is 0. The molecular weight excluding hydrogens is 228 g/mol. The fourth-order valence-electron chi connectivity index (χ4n) is 1.21. The largest absolute Gasteiger partial charge is 0.396 e. The van der Waals surface area contributed by atoms with Gasteiger partial charge >= 0.3 is 0 Å². The lowest BCUT2D eigenvalue weighted by molar-refractivity contribution is 0.293. The highest BCUT2D eigenvalue weighted by Crippen LogP contribution is 2.20. The lowest BCUT2D eigenvalue weighted by Crippen LogP contribution is -2.01. The van der Waals surface area contributed by atoms with Crippen LogP contribution in [0.25, 0.3) is 11.6 Å². The predicted octanol–water partition coefficient (Wildman–Crippen LogP) is 0.229. The SMILES string of the molecule is NCCc1nc(-c2nc(CCO)no2)cs1. The number of nitrogens with zero attached hydrogens (tertiary/aromatic N) is 3. The second-order valence-corrected chi connectivity index (χ2v) is 4.10. The third-order valence-corrected chi connectivity index (χ3v) is 2.84. The van der Waals surface area contributed by atoms with Crippen LogP contribution >= 0.6 is 11.3 Å². The maximum absolute atomic E-state index is 8.72. The quantitative estimate of drug-likeness (QED) is 0.776. The number of aliphatic hydroxyl groups excluding tert-OH is 1. The van der Waals surface area contributed by atoms with Gasteiger partial charge in [0.2, 0.25) is 0 Å². The fraction of sp³-hybridized carbons (Fsp3) is 0.444. The van der Waals surface area contributed by atoms with E-state index < -0.39 is 0 Å². The molecule has 3 N–H and O–H groups in total. The van der Waals surface area contributed by atoms with Gasteiger partial charge in [-0.05, 0) is 6.54 Å². The third kappa shape index (κ3) is 2.43. The molecule has 2 aromatic rings. The number of nitrogens with two attached hydrogens (primary N) is 1. The van der Waals surface area contributed by atoms with E-state index in [4.69, 9.17) is 15.4 Å². The smallest absolute Gasteiger partial charge is 0.277 e. The maximum Gasteiger partial charge on any atom is 0.277 e. The van der Waals surface area contributed by atoms with E-state index in [0.717, 1.165) is 11.4 Å². The topological polar surface area (TPSA) is 98.1 Å². The molecule has 2 rings (SSSR count). The van der Waals surface area contributed by atoms with Gasteiger partial charge < -0.3 is 15.4 Å². The molecule has 2 aromatic heterocycles. The monoisotopic (exact) mass is 240 g/mol. The first kappa shape index (κ1) is 11.2. The van der Waals surface area contributed by atoms with Gasteiger partial charge in [0, 0.05) is 18.2 Å². The Bertz CT molecular complexity index is 412. The van der Waals surface area contributed by atoms with Crippen LogP contribution in [0.15, 0.2) is 9.90 Å². The van der Waals surface area contributed by atoms with Crippen LogP contribution in [0.1, 0.15) is 10.8 Å². The number of aliphatic hydroxyl groups is 1. The molecule has 0 saturated heterocycles. The van der Waals surface area contributed by atoms with Gasteiger partial charge in [-0.1, -0.05) is 5.16 Å². The average Bonchev–Trinajstić information content (AvgIpc) is 2.87. The zero-order chi connectivity index (χ0) is 11.4. The molecule has 0 aliphatic rings. The number of thiazole rings is 1. The first-order valence-electron chi connectivity index (χ1n) is 4.91. The van der Waals surface area contributed by atoms with Gasteiger partial charge in [0.1, 0.15) is 5.69 Å². The van der Waals surface area contributed by atoms with Gasteiger partial charge in [-0.15, -0.1) is 11.3 Å². The molecule has 0 spiro atoms. The highest BCUT2D eigenvalue weighted by molar-refractivity contribution is 7.09. The van der Waals surface area contributed by atoms with Gasteiger partial charge in [0.25, 0.3) is 5.89 Å². The molecule has 7 heteroatoms. The lowest BCUT2D eigenvalue weighted by Gasteiger charge is -1.87. The molecule has 0 atom stereocenters. The molecule has 0 radical (unpaired) electrons. The predicted molar refractivity (Wildman–Crippen MR) is 59.0 cm³/mol. The van der Waals surface area contributed by atoms with Crippen LogP contribution in [-0.4, -0.2) is 33.4 Å². The molecule has 0 bridgehead atoms. The van der Waals surface area contributed by atoms with E-state index in [1.807, 2.05) is 5.38 Å². The van der Waals surface area contributed by atoms with Gasteiger partial charge in [-0.2, -0.15) is 4.98 Å². The van der Waals surface area contributed by atoms with Crippen molar-refractivity contribution >= 4 is 11.3 Å². The fourth-order valence-corrected chi connectivity index (χ4v) is 1.99. The number of aromatic nitrogens is 3. The first-order valence-corrected chi connectivity index (χ1v) is 5.79. The highest BCUT2D eigenvalue weighted by Gasteiger charge is 2.11. The molecule has 0 saturated carbocycles. The Labute approximate surface area is 96.1 Å². The molecule has 0 fully saturated rings. The Balaban J connectivity index is 2.14. The van der Waals surface area contributed by atoms with Crippen molar-refractivity contribution in [1.82, 2.24) is 15.1 Å². The minimum Gasteiger partial charge on any atom is -0.396 e. The summed E-state index contributed by atoms with van der Waals surface area (Å²) in [6.07, 6.45) is 1.14. The van der Waals surface area contributed by atoms with Gasteiger partial charge in [0.15, 0.2) is 5.82 Å². The molecule has 0 aliphatic carbocycles. The van der Waals surface area contributed by atoms with E-state index in [1.54, 1.807) is 0 Å². The zero-order valence-corrected chi connectivity index (χ0v) is 9.40. The van der Waals surface area contributed by atoms with Crippen molar-refractivity contribution in [2.24, 2.45) is 5.73 Å². The van der Waals surface area contributed by atoms with Crippen molar-refractivity contribution < 1.29 is 9.63 Å². The van der Waals surface area contributed by atoms with Crippen molar-refractivity contribution in [2.75, 3.05) is 13.2 Å². The molecule has 16 heavy (non-hydrogen) atoms. The van der Waals surface area contributed by atoms with Crippen molar-refractivity contribution in [3.05, 3.63) is 16.2 Å². The summed E-state index contributed by atoms with van der Waals surface area (Å²) in [6.45, 7) is 0.584. The zero-order valence-electron chi connectivity index (χ0n) is 8.59. The summed E-state index contributed by atoms with van der Waals surface area (Å²) in [5.41, 5.74) is 6.11. The van der Waals surface area contributed by atoms with E-state index in [0.29, 0.717) is 30.4 Å². The Morgan fingerprint density at radius 1 is 1.38 bits per heavy atom. The molecule has 0 aromatic carbocycles. The second kappa shape index (κ2) is 5.15. The first-order chi connectivity index (χ1) is 7.83. The summed E-state index contributed by atoms with van der Waals surface area (Å²) in [5.74, 6) is 0.883. The Kier molecular flexibility index (Phi) is 3.60. The van der Waals surface area contributed by atoms with Crippen molar-refractivity contribution in [3.8, 4) is 11.6 Å². The minimum atomic E-state index is 0.00840. The van der Waals surface area contributed by atoms with Crippen LogP contribution < -0.4 is 5.73 Å². The van der Waals surface area contributed by atoms with Crippen LogP contribution in [-0.2, 0) is 12.8 Å². The highest BCUT2D eigenvalue weighted by atomic mass is 32.1. The van der Waals surface area contributed by atoms with E-state index in [1.165, 1.54) is 11.3 Å². The number of hydrogen-bond acceptors (Lipinski definition) is 7. The summed E-state index contributed by atoms with van der Waals surface area (Å²) in [5, 5.41) is 15.3. The average molecular weight is 240 g/mol. The summed E-state index contributed by atoms with van der Waals surface area (Å²) in [4.78, 5) is 8.44. The molecule has 0 unspecified atom stereocenters. The maximum atomic E-state index is 8.72. The van der Waals surface area contributed by atoms with E-state index in [9.17, 15) is 0 Å². The van der Waals surface area contributed by atoms with Crippen LogP contribution in [0.4, 0.5) is 0 Å². The normalized spacial score (nSPS) is 10.9. The molecule has 0 aliphatic heterocycles. The minimum absolute atomic E-state index is 0.00840. The third-order valence-electron chi connectivity index (χ3n) is 1.93. The molecule has 86 valence electrons. The Morgan fingerprint density at radius 3 is 3.00 bits per heavy atom. The summed E-state index contributed by atoms with van der Waals surface area (Å²) in [6, 6.07) is 0. The number of hydrogen-bond donors (Lipinski definition) is 2.